The van der Waals surface area contributed by atoms with Gasteiger partial charge in [0.15, 0.2) is 6.10 Å². The van der Waals surface area contributed by atoms with Crippen LogP contribution in [-0.2, 0) is 14.3 Å². The van der Waals surface area contributed by atoms with Crippen molar-refractivity contribution in [2.45, 2.75) is 37.9 Å². The van der Waals surface area contributed by atoms with Crippen LogP contribution in [0.5, 0.6) is 0 Å². The molecule has 0 bridgehead atoms. The summed E-state index contributed by atoms with van der Waals surface area (Å²) in [6.45, 7) is 2.20. The Bertz CT molecular complexity index is 214. The Balaban J connectivity index is 1.97. The predicted octanol–water partition coefficient (Wildman–Crippen LogP) is 1.12. The average Bonchev–Trinajstić information content (AvgIpc) is 2.62. The highest BCUT2D eigenvalue weighted by Gasteiger charge is 2.63. The Labute approximate surface area is 72.0 Å². The quantitative estimate of drug-likeness (QED) is 0.437. The van der Waals surface area contributed by atoms with Crippen molar-refractivity contribution < 1.29 is 14.3 Å². The van der Waals surface area contributed by atoms with Gasteiger partial charge < -0.3 is 9.47 Å². The highest BCUT2D eigenvalue weighted by Crippen LogP contribution is 2.52. The zero-order valence-electron chi connectivity index (χ0n) is 7.50. The van der Waals surface area contributed by atoms with Gasteiger partial charge in [0.2, 0.25) is 0 Å². The van der Waals surface area contributed by atoms with Gasteiger partial charge in [0, 0.05) is 0 Å². The Morgan fingerprint density at radius 3 is 2.92 bits per heavy atom. The molecule has 3 heteroatoms. The molecule has 2 aliphatic rings. The molecule has 0 amide bonds. The third kappa shape index (κ3) is 1.04. The molecule has 2 fully saturated rings. The topological polar surface area (TPSA) is 38.8 Å². The van der Waals surface area contributed by atoms with Gasteiger partial charge in [0.1, 0.15) is 5.60 Å². The van der Waals surface area contributed by atoms with E-state index in [1.165, 1.54) is 13.5 Å². The molecule has 0 aromatic heterocycles. The second kappa shape index (κ2) is 2.46. The highest BCUT2D eigenvalue weighted by molar-refractivity contribution is 5.79. The van der Waals surface area contributed by atoms with Gasteiger partial charge in [-0.3, -0.25) is 0 Å². The van der Waals surface area contributed by atoms with Crippen molar-refractivity contribution in [1.29, 1.82) is 0 Å². The van der Waals surface area contributed by atoms with E-state index in [1.807, 2.05) is 0 Å². The molecule has 68 valence electrons. The Hall–Kier alpha value is -0.570. The number of methoxy groups -OCH3 is 1. The number of ether oxygens (including phenoxy) is 2. The van der Waals surface area contributed by atoms with Gasteiger partial charge in [0.25, 0.3) is 0 Å². The molecule has 1 heterocycles. The molecular formula is C9H14O3. The van der Waals surface area contributed by atoms with Crippen molar-refractivity contribution in [3.8, 4) is 0 Å². The maximum absolute atomic E-state index is 11.1. The van der Waals surface area contributed by atoms with E-state index in [2.05, 4.69) is 11.7 Å². The zero-order valence-corrected chi connectivity index (χ0v) is 7.50. The molecule has 1 saturated carbocycles. The largest absolute Gasteiger partial charge is 0.467 e. The summed E-state index contributed by atoms with van der Waals surface area (Å²) >= 11 is 0. The highest BCUT2D eigenvalue weighted by atomic mass is 16.7. The molecule has 3 atom stereocenters. The molecule has 0 aromatic rings. The number of esters is 1. The van der Waals surface area contributed by atoms with E-state index in [9.17, 15) is 4.79 Å². The first-order valence-electron chi connectivity index (χ1n) is 4.43. The third-order valence-corrected chi connectivity index (χ3v) is 2.94. The maximum Gasteiger partial charge on any atom is 0.338 e. The number of hydrogen-bond donors (Lipinski definition) is 0. The van der Waals surface area contributed by atoms with Gasteiger partial charge in [-0.05, 0) is 25.2 Å². The van der Waals surface area contributed by atoms with Crippen molar-refractivity contribution >= 4 is 5.97 Å². The Morgan fingerprint density at radius 1 is 1.67 bits per heavy atom. The third-order valence-electron chi connectivity index (χ3n) is 2.94. The lowest BCUT2D eigenvalue weighted by Crippen LogP contribution is -2.19. The second-order valence-corrected chi connectivity index (χ2v) is 3.93. The number of epoxide rings is 1. The number of rotatable bonds is 1. The van der Waals surface area contributed by atoms with Gasteiger partial charge in [-0.1, -0.05) is 6.92 Å². The van der Waals surface area contributed by atoms with Gasteiger partial charge in [-0.25, -0.2) is 4.79 Å². The van der Waals surface area contributed by atoms with E-state index in [-0.39, 0.29) is 17.7 Å². The van der Waals surface area contributed by atoms with Crippen LogP contribution >= 0.6 is 0 Å². The summed E-state index contributed by atoms with van der Waals surface area (Å²) in [6, 6.07) is 0. The fourth-order valence-corrected chi connectivity index (χ4v) is 2.20. The predicted molar refractivity (Wildman–Crippen MR) is 42.6 cm³/mol. The minimum absolute atomic E-state index is 0.119. The summed E-state index contributed by atoms with van der Waals surface area (Å²) in [5.41, 5.74) is -0.119. The van der Waals surface area contributed by atoms with Crippen molar-refractivity contribution in [2.75, 3.05) is 7.11 Å². The van der Waals surface area contributed by atoms with Gasteiger partial charge in [-0.2, -0.15) is 0 Å². The van der Waals surface area contributed by atoms with Crippen LogP contribution in [0.25, 0.3) is 0 Å². The van der Waals surface area contributed by atoms with Crippen molar-refractivity contribution in [3.05, 3.63) is 0 Å². The zero-order chi connectivity index (χ0) is 8.77. The molecule has 0 aromatic carbocycles. The monoisotopic (exact) mass is 170 g/mol. The van der Waals surface area contributed by atoms with E-state index < -0.39 is 0 Å². The van der Waals surface area contributed by atoms with Crippen LogP contribution in [0.1, 0.15) is 26.2 Å². The molecule has 1 aliphatic carbocycles. The van der Waals surface area contributed by atoms with E-state index in [0.29, 0.717) is 5.92 Å². The summed E-state index contributed by atoms with van der Waals surface area (Å²) in [5, 5.41) is 0. The molecule has 2 rings (SSSR count). The fraction of sp³-hybridized carbons (Fsp3) is 0.889. The maximum atomic E-state index is 11.1. The molecule has 1 aliphatic heterocycles. The lowest BCUT2D eigenvalue weighted by atomic mass is 10.0. The van der Waals surface area contributed by atoms with Gasteiger partial charge in [-0.15, -0.1) is 0 Å². The van der Waals surface area contributed by atoms with E-state index in [0.717, 1.165) is 12.8 Å². The SMILES string of the molecule is COC(=O)C1OC12CCC(C)C2. The average molecular weight is 170 g/mol. The standard InChI is InChI=1S/C9H14O3/c1-6-3-4-9(5-6)7(12-9)8(10)11-2/h6-7H,3-5H2,1-2H3. The molecular weight excluding hydrogens is 156 g/mol. The normalized spacial score (nSPS) is 44.8. The minimum Gasteiger partial charge on any atom is -0.467 e. The summed E-state index contributed by atoms with van der Waals surface area (Å²) in [5.74, 6) is 0.490. The molecule has 0 N–H and O–H groups in total. The van der Waals surface area contributed by atoms with E-state index in [1.54, 1.807) is 0 Å². The number of hydrogen-bond acceptors (Lipinski definition) is 3. The van der Waals surface area contributed by atoms with E-state index >= 15 is 0 Å². The molecule has 3 unspecified atom stereocenters. The van der Waals surface area contributed by atoms with E-state index in [4.69, 9.17) is 4.74 Å². The molecule has 1 spiro atoms. The van der Waals surface area contributed by atoms with Gasteiger partial charge >= 0.3 is 5.97 Å². The van der Waals surface area contributed by atoms with Crippen LogP contribution in [0, 0.1) is 5.92 Å². The smallest absolute Gasteiger partial charge is 0.338 e. The molecule has 1 saturated heterocycles. The summed E-state index contributed by atoms with van der Waals surface area (Å²) < 4.78 is 10.0. The first-order chi connectivity index (χ1) is 5.68. The van der Waals surface area contributed by atoms with Crippen LogP contribution < -0.4 is 0 Å². The molecule has 0 radical (unpaired) electrons. The van der Waals surface area contributed by atoms with Crippen LogP contribution in [0.15, 0.2) is 0 Å². The van der Waals surface area contributed by atoms with Crippen LogP contribution in [0.2, 0.25) is 0 Å². The lowest BCUT2D eigenvalue weighted by molar-refractivity contribution is -0.142. The first kappa shape index (κ1) is 8.05. The Morgan fingerprint density at radius 2 is 2.42 bits per heavy atom. The lowest BCUT2D eigenvalue weighted by Gasteiger charge is -2.00. The van der Waals surface area contributed by atoms with Gasteiger partial charge in [0.05, 0.1) is 7.11 Å². The fourth-order valence-electron chi connectivity index (χ4n) is 2.20. The van der Waals surface area contributed by atoms with Crippen molar-refractivity contribution in [3.63, 3.8) is 0 Å². The Kier molecular flexibility index (Phi) is 1.65. The summed E-state index contributed by atoms with van der Waals surface area (Å²) in [4.78, 5) is 11.1. The minimum atomic E-state index is -0.257. The molecule has 12 heavy (non-hydrogen) atoms. The van der Waals surface area contributed by atoms with Crippen LogP contribution in [0.4, 0.5) is 0 Å². The number of carbonyl (C=O) groups is 1. The van der Waals surface area contributed by atoms with Crippen LogP contribution in [0.3, 0.4) is 0 Å². The van der Waals surface area contributed by atoms with Crippen LogP contribution in [-0.4, -0.2) is 24.8 Å². The summed E-state index contributed by atoms with van der Waals surface area (Å²) in [6.07, 6.45) is 2.96. The number of carbonyl (C=O) groups excluding carboxylic acids is 1. The summed E-state index contributed by atoms with van der Waals surface area (Å²) in [7, 11) is 1.41. The van der Waals surface area contributed by atoms with Crippen molar-refractivity contribution in [2.24, 2.45) is 5.92 Å². The second-order valence-electron chi connectivity index (χ2n) is 3.93. The molecule has 3 nitrogen and oxygen atoms in total. The first-order valence-corrected chi connectivity index (χ1v) is 4.43. The van der Waals surface area contributed by atoms with Crippen molar-refractivity contribution in [1.82, 2.24) is 0 Å².